The fraction of sp³-hybridized carbons (Fsp3) is 1.00. The normalized spacial score (nSPS) is 25.1. The van der Waals surface area contributed by atoms with Gasteiger partial charge in [-0.1, -0.05) is 40.5 Å². The van der Waals surface area contributed by atoms with E-state index in [2.05, 4.69) is 37.9 Å². The van der Waals surface area contributed by atoms with E-state index in [-0.39, 0.29) is 0 Å². The van der Waals surface area contributed by atoms with Gasteiger partial charge in [-0.3, -0.25) is 4.90 Å². The Bertz CT molecular complexity index is 299. The van der Waals surface area contributed by atoms with E-state index < -0.39 is 0 Å². The van der Waals surface area contributed by atoms with Crippen LogP contribution in [0.5, 0.6) is 0 Å². The highest BCUT2D eigenvalue weighted by Crippen LogP contribution is 2.41. The highest BCUT2D eigenvalue weighted by Gasteiger charge is 2.45. The van der Waals surface area contributed by atoms with Gasteiger partial charge in [-0.05, 0) is 37.6 Å². The topological polar surface area (TPSA) is 24.5 Å². The minimum Gasteiger partial charge on any atom is -0.379 e. The van der Waals surface area contributed by atoms with E-state index >= 15 is 0 Å². The zero-order valence-corrected chi connectivity index (χ0v) is 14.7. The fourth-order valence-electron chi connectivity index (χ4n) is 4.27. The molecule has 3 heteroatoms. The minimum absolute atomic E-state index is 0.394. The van der Waals surface area contributed by atoms with Crippen LogP contribution in [0.1, 0.15) is 66.2 Å². The second kappa shape index (κ2) is 7.43. The first kappa shape index (κ1) is 17.2. The first-order valence-corrected chi connectivity index (χ1v) is 9.04. The third-order valence-electron chi connectivity index (χ3n) is 5.39. The van der Waals surface area contributed by atoms with Gasteiger partial charge in [0.25, 0.3) is 0 Å². The Labute approximate surface area is 131 Å². The number of rotatable bonds is 6. The molecule has 0 aromatic rings. The molecular weight excluding hydrogens is 260 g/mol. The summed E-state index contributed by atoms with van der Waals surface area (Å²) in [6.45, 7) is 14.5. The van der Waals surface area contributed by atoms with E-state index in [1.807, 2.05) is 0 Å². The van der Waals surface area contributed by atoms with Crippen LogP contribution in [0.25, 0.3) is 0 Å². The van der Waals surface area contributed by atoms with Crippen molar-refractivity contribution in [2.24, 2.45) is 5.41 Å². The molecule has 0 bridgehead atoms. The van der Waals surface area contributed by atoms with E-state index in [0.29, 0.717) is 17.0 Å². The van der Waals surface area contributed by atoms with Gasteiger partial charge in [0.15, 0.2) is 0 Å². The largest absolute Gasteiger partial charge is 0.379 e. The van der Waals surface area contributed by atoms with Crippen molar-refractivity contribution in [3.05, 3.63) is 0 Å². The Morgan fingerprint density at radius 1 is 1.14 bits per heavy atom. The van der Waals surface area contributed by atoms with Crippen molar-refractivity contribution in [2.75, 3.05) is 32.8 Å². The molecule has 0 aromatic heterocycles. The summed E-state index contributed by atoms with van der Waals surface area (Å²) in [6.07, 6.45) is 8.14. The summed E-state index contributed by atoms with van der Waals surface area (Å²) in [7, 11) is 0. The lowest BCUT2D eigenvalue weighted by Gasteiger charge is -2.49. The van der Waals surface area contributed by atoms with E-state index in [0.717, 1.165) is 32.8 Å². The van der Waals surface area contributed by atoms with Gasteiger partial charge in [-0.15, -0.1) is 0 Å². The molecular formula is C18H36N2O. The number of ether oxygens (including phenoxy) is 1. The first-order valence-electron chi connectivity index (χ1n) is 9.04. The van der Waals surface area contributed by atoms with Crippen LogP contribution in [0.4, 0.5) is 0 Å². The highest BCUT2D eigenvalue weighted by atomic mass is 16.5. The average molecular weight is 296 g/mol. The maximum atomic E-state index is 5.60. The second-order valence-electron chi connectivity index (χ2n) is 8.12. The number of nitrogens with one attached hydrogen (secondary N) is 1. The van der Waals surface area contributed by atoms with Crippen molar-refractivity contribution in [3.63, 3.8) is 0 Å². The monoisotopic (exact) mass is 296 g/mol. The van der Waals surface area contributed by atoms with Crippen LogP contribution in [-0.4, -0.2) is 49.3 Å². The Morgan fingerprint density at radius 3 is 2.29 bits per heavy atom. The van der Waals surface area contributed by atoms with Gasteiger partial charge in [0.1, 0.15) is 0 Å². The molecule has 21 heavy (non-hydrogen) atoms. The van der Waals surface area contributed by atoms with Crippen LogP contribution in [0.2, 0.25) is 0 Å². The van der Waals surface area contributed by atoms with E-state index in [4.69, 9.17) is 4.74 Å². The molecule has 2 fully saturated rings. The summed E-state index contributed by atoms with van der Waals surface area (Å²) in [5, 5.41) is 3.85. The van der Waals surface area contributed by atoms with Crippen molar-refractivity contribution >= 4 is 0 Å². The van der Waals surface area contributed by atoms with Gasteiger partial charge < -0.3 is 10.1 Å². The molecule has 1 saturated heterocycles. The Balaban J connectivity index is 2.11. The summed E-state index contributed by atoms with van der Waals surface area (Å²) < 4.78 is 5.60. The second-order valence-corrected chi connectivity index (χ2v) is 8.12. The summed E-state index contributed by atoms with van der Waals surface area (Å²) in [5.74, 6) is 0. The molecule has 0 spiro atoms. The molecule has 124 valence electrons. The quantitative estimate of drug-likeness (QED) is 0.812. The molecule has 1 saturated carbocycles. The molecule has 1 atom stereocenters. The molecule has 2 aliphatic rings. The molecule has 1 aliphatic carbocycles. The number of morpholine rings is 1. The highest BCUT2D eigenvalue weighted by molar-refractivity contribution is 5.04. The maximum Gasteiger partial charge on any atom is 0.0594 e. The van der Waals surface area contributed by atoms with Gasteiger partial charge in [0.05, 0.1) is 13.2 Å². The van der Waals surface area contributed by atoms with Crippen molar-refractivity contribution in [1.82, 2.24) is 10.2 Å². The summed E-state index contributed by atoms with van der Waals surface area (Å²) in [4.78, 5) is 2.76. The maximum absolute atomic E-state index is 5.60. The molecule has 0 aromatic carbocycles. The van der Waals surface area contributed by atoms with Gasteiger partial charge in [0, 0.05) is 24.7 Å². The molecule has 1 aliphatic heterocycles. The summed E-state index contributed by atoms with van der Waals surface area (Å²) in [6, 6.07) is 0.641. The molecule has 1 unspecified atom stereocenters. The van der Waals surface area contributed by atoms with Crippen LogP contribution in [0, 0.1) is 5.41 Å². The predicted molar refractivity (Wildman–Crippen MR) is 89.7 cm³/mol. The molecule has 1 N–H and O–H groups in total. The van der Waals surface area contributed by atoms with Crippen molar-refractivity contribution in [3.8, 4) is 0 Å². The van der Waals surface area contributed by atoms with E-state index in [1.54, 1.807) is 0 Å². The molecule has 3 nitrogen and oxygen atoms in total. The van der Waals surface area contributed by atoms with Crippen LogP contribution in [-0.2, 0) is 4.74 Å². The molecule has 2 rings (SSSR count). The third-order valence-corrected chi connectivity index (χ3v) is 5.39. The van der Waals surface area contributed by atoms with E-state index in [1.165, 1.54) is 38.5 Å². The van der Waals surface area contributed by atoms with Gasteiger partial charge >= 0.3 is 0 Å². The van der Waals surface area contributed by atoms with Crippen LogP contribution in [0.3, 0.4) is 0 Å². The smallest absolute Gasteiger partial charge is 0.0594 e. The predicted octanol–water partition coefficient (Wildman–Crippen LogP) is 3.44. The van der Waals surface area contributed by atoms with Gasteiger partial charge in [-0.2, -0.15) is 0 Å². The SMILES string of the molecule is CCNC(CCC(C)(C)C)C1(N2CCOCC2)CCCC1. The minimum atomic E-state index is 0.394. The zero-order chi connectivity index (χ0) is 15.3. The third kappa shape index (κ3) is 4.43. The summed E-state index contributed by atoms with van der Waals surface area (Å²) in [5.41, 5.74) is 0.823. The molecule has 0 amide bonds. The molecule has 0 radical (unpaired) electrons. The van der Waals surface area contributed by atoms with Crippen molar-refractivity contribution < 1.29 is 4.74 Å². The number of hydrogen-bond acceptors (Lipinski definition) is 3. The average Bonchev–Trinajstić information content (AvgIpc) is 2.94. The Kier molecular flexibility index (Phi) is 6.10. The van der Waals surface area contributed by atoms with Crippen LogP contribution < -0.4 is 5.32 Å². The number of hydrogen-bond donors (Lipinski definition) is 1. The van der Waals surface area contributed by atoms with Crippen LogP contribution in [0.15, 0.2) is 0 Å². The van der Waals surface area contributed by atoms with E-state index in [9.17, 15) is 0 Å². The van der Waals surface area contributed by atoms with Gasteiger partial charge in [0.2, 0.25) is 0 Å². The van der Waals surface area contributed by atoms with Crippen molar-refractivity contribution in [1.29, 1.82) is 0 Å². The first-order chi connectivity index (χ1) is 9.98. The standard InChI is InChI=1S/C18H36N2O/c1-5-19-16(8-11-17(2,3)4)18(9-6-7-10-18)20-12-14-21-15-13-20/h16,19H,5-15H2,1-4H3. The fourth-order valence-corrected chi connectivity index (χ4v) is 4.27. The van der Waals surface area contributed by atoms with Crippen molar-refractivity contribution in [2.45, 2.75) is 77.8 Å². The Morgan fingerprint density at radius 2 is 1.76 bits per heavy atom. The number of nitrogens with zero attached hydrogens (tertiary/aromatic N) is 1. The lowest BCUT2D eigenvalue weighted by Crippen LogP contribution is -2.62. The lowest BCUT2D eigenvalue weighted by molar-refractivity contribution is -0.0378. The molecule has 1 heterocycles. The lowest BCUT2D eigenvalue weighted by atomic mass is 9.79. The summed E-state index contributed by atoms with van der Waals surface area (Å²) >= 11 is 0. The zero-order valence-electron chi connectivity index (χ0n) is 14.7. The van der Waals surface area contributed by atoms with Gasteiger partial charge in [-0.25, -0.2) is 0 Å². The number of likely N-dealkylation sites (N-methyl/N-ethyl adjacent to an activating group) is 1. The van der Waals surface area contributed by atoms with Crippen LogP contribution >= 0.6 is 0 Å². The Hall–Kier alpha value is -0.120.